The molecule has 190 valence electrons. The molecular formula is C27H32N4O3S2. The number of fused-ring (bicyclic) bond motifs is 1. The van der Waals surface area contributed by atoms with Crippen LogP contribution in [0.3, 0.4) is 0 Å². The Morgan fingerprint density at radius 3 is 2.75 bits per heavy atom. The predicted molar refractivity (Wildman–Crippen MR) is 143 cm³/mol. The zero-order valence-corrected chi connectivity index (χ0v) is 22.6. The van der Waals surface area contributed by atoms with Gasteiger partial charge in [-0.15, -0.1) is 21.5 Å². The van der Waals surface area contributed by atoms with E-state index in [1.165, 1.54) is 33.5 Å². The number of rotatable bonds is 9. The first-order valence-electron chi connectivity index (χ1n) is 12.7. The maximum absolute atomic E-state index is 13.0. The zero-order valence-electron chi connectivity index (χ0n) is 21.0. The maximum atomic E-state index is 13.0. The van der Waals surface area contributed by atoms with E-state index in [1.54, 1.807) is 6.92 Å². The molecule has 0 radical (unpaired) electrons. The molecule has 3 unspecified atom stereocenters. The van der Waals surface area contributed by atoms with Crippen molar-refractivity contribution < 1.29 is 14.3 Å². The van der Waals surface area contributed by atoms with E-state index in [0.29, 0.717) is 34.9 Å². The van der Waals surface area contributed by atoms with Gasteiger partial charge in [0.25, 0.3) is 0 Å². The Morgan fingerprint density at radius 2 is 2.00 bits per heavy atom. The molecule has 5 rings (SSSR count). The highest BCUT2D eigenvalue weighted by Crippen LogP contribution is 2.54. The number of anilines is 1. The molecule has 36 heavy (non-hydrogen) atoms. The number of aromatic nitrogens is 3. The van der Waals surface area contributed by atoms with Crippen molar-refractivity contribution in [2.24, 2.45) is 5.92 Å². The van der Waals surface area contributed by atoms with Gasteiger partial charge in [0.05, 0.1) is 17.9 Å². The summed E-state index contributed by atoms with van der Waals surface area (Å²) in [6, 6.07) is 10.5. The molecule has 1 amide bonds. The SMILES string of the molecule is CCOC(=O)c1c(NC(=O)CSc2nnc(C3CC3c3ccccc3)n2CC)sc2c1CCC(C)C2. The smallest absolute Gasteiger partial charge is 0.341 e. The van der Waals surface area contributed by atoms with Crippen LogP contribution in [-0.2, 0) is 28.9 Å². The average molecular weight is 525 g/mol. The third-order valence-electron chi connectivity index (χ3n) is 6.99. The molecule has 2 aromatic heterocycles. The van der Waals surface area contributed by atoms with Gasteiger partial charge in [-0.1, -0.05) is 49.0 Å². The number of esters is 1. The highest BCUT2D eigenvalue weighted by atomic mass is 32.2. The standard InChI is InChI=1S/C27H32N4O3S2/c1-4-31-24(20-14-19(20)17-9-7-6-8-10-17)29-30-27(31)35-15-22(32)28-25-23(26(33)34-5-2)18-12-11-16(3)13-21(18)36-25/h6-10,16,19-20H,4-5,11-15H2,1-3H3,(H,28,32). The molecule has 2 aliphatic carbocycles. The Bertz CT molecular complexity index is 1250. The summed E-state index contributed by atoms with van der Waals surface area (Å²) in [5.41, 5.74) is 2.93. The number of amides is 1. The minimum atomic E-state index is -0.347. The van der Waals surface area contributed by atoms with E-state index in [9.17, 15) is 9.59 Å². The lowest BCUT2D eigenvalue weighted by atomic mass is 9.88. The first-order chi connectivity index (χ1) is 17.5. The normalized spacial score (nSPS) is 20.6. The number of thiophene rings is 1. The summed E-state index contributed by atoms with van der Waals surface area (Å²) in [4.78, 5) is 26.9. The molecule has 7 nitrogen and oxygen atoms in total. The first kappa shape index (κ1) is 25.0. The average Bonchev–Trinajstić information content (AvgIpc) is 3.43. The van der Waals surface area contributed by atoms with Crippen LogP contribution >= 0.6 is 23.1 Å². The zero-order chi connectivity index (χ0) is 25.2. The summed E-state index contributed by atoms with van der Waals surface area (Å²) >= 11 is 2.90. The van der Waals surface area contributed by atoms with Gasteiger partial charge in [0, 0.05) is 17.3 Å². The topological polar surface area (TPSA) is 86.1 Å². The van der Waals surface area contributed by atoms with Gasteiger partial charge in [0.15, 0.2) is 5.16 Å². The molecule has 0 saturated heterocycles. The molecule has 2 aliphatic rings. The number of carbonyl (C=O) groups excluding carboxylic acids is 2. The van der Waals surface area contributed by atoms with Gasteiger partial charge in [-0.05, 0) is 62.5 Å². The second-order valence-corrected chi connectivity index (χ2v) is 11.6. The number of hydrogen-bond acceptors (Lipinski definition) is 7. The van der Waals surface area contributed by atoms with E-state index >= 15 is 0 Å². The molecule has 0 spiro atoms. The first-order valence-corrected chi connectivity index (χ1v) is 14.5. The van der Waals surface area contributed by atoms with Crippen LogP contribution in [0.5, 0.6) is 0 Å². The fourth-order valence-electron chi connectivity index (χ4n) is 5.08. The van der Waals surface area contributed by atoms with Crippen LogP contribution in [0.1, 0.15) is 77.6 Å². The number of benzene rings is 1. The number of ether oxygens (including phenoxy) is 1. The monoisotopic (exact) mass is 524 g/mol. The minimum absolute atomic E-state index is 0.155. The molecule has 1 saturated carbocycles. The van der Waals surface area contributed by atoms with E-state index in [-0.39, 0.29) is 17.6 Å². The number of thioether (sulfide) groups is 1. The molecule has 1 aromatic carbocycles. The van der Waals surface area contributed by atoms with Crippen LogP contribution in [-0.4, -0.2) is 39.0 Å². The van der Waals surface area contributed by atoms with Gasteiger partial charge >= 0.3 is 5.97 Å². The lowest BCUT2D eigenvalue weighted by Gasteiger charge is -2.18. The molecule has 1 fully saturated rings. The highest BCUT2D eigenvalue weighted by molar-refractivity contribution is 7.99. The second kappa shape index (κ2) is 10.8. The van der Waals surface area contributed by atoms with Crippen molar-refractivity contribution in [3.63, 3.8) is 0 Å². The van der Waals surface area contributed by atoms with Gasteiger partial charge in [0.2, 0.25) is 5.91 Å². The van der Waals surface area contributed by atoms with E-state index in [1.807, 2.05) is 6.07 Å². The highest BCUT2D eigenvalue weighted by Gasteiger charge is 2.43. The van der Waals surface area contributed by atoms with Crippen molar-refractivity contribution in [3.8, 4) is 0 Å². The van der Waals surface area contributed by atoms with E-state index in [0.717, 1.165) is 48.8 Å². The number of hydrogen-bond donors (Lipinski definition) is 1. The van der Waals surface area contributed by atoms with Crippen LogP contribution in [0, 0.1) is 5.92 Å². The van der Waals surface area contributed by atoms with Crippen molar-refractivity contribution in [2.45, 2.75) is 70.0 Å². The number of carbonyl (C=O) groups is 2. The lowest BCUT2D eigenvalue weighted by Crippen LogP contribution is -2.18. The molecule has 9 heteroatoms. The third-order valence-corrected chi connectivity index (χ3v) is 9.12. The van der Waals surface area contributed by atoms with E-state index in [2.05, 4.69) is 58.2 Å². The Morgan fingerprint density at radius 1 is 1.19 bits per heavy atom. The molecular weight excluding hydrogens is 492 g/mol. The quantitative estimate of drug-likeness (QED) is 0.287. The summed E-state index contributed by atoms with van der Waals surface area (Å²) in [6.07, 6.45) is 3.90. The van der Waals surface area contributed by atoms with Gasteiger partial charge in [-0.2, -0.15) is 0 Å². The third kappa shape index (κ3) is 5.09. The lowest BCUT2D eigenvalue weighted by molar-refractivity contribution is -0.113. The van der Waals surface area contributed by atoms with Crippen molar-refractivity contribution in [3.05, 3.63) is 57.7 Å². The Kier molecular flexibility index (Phi) is 7.48. The van der Waals surface area contributed by atoms with Crippen molar-refractivity contribution >= 4 is 40.0 Å². The Hall–Kier alpha value is -2.65. The van der Waals surface area contributed by atoms with Gasteiger partial charge in [0.1, 0.15) is 10.8 Å². The predicted octanol–water partition coefficient (Wildman–Crippen LogP) is 5.66. The van der Waals surface area contributed by atoms with E-state index in [4.69, 9.17) is 4.74 Å². The summed E-state index contributed by atoms with van der Waals surface area (Å²) in [5.74, 6) is 2.13. The van der Waals surface area contributed by atoms with Crippen molar-refractivity contribution in [1.82, 2.24) is 14.8 Å². The van der Waals surface area contributed by atoms with Crippen molar-refractivity contribution in [2.75, 3.05) is 17.7 Å². The van der Waals surface area contributed by atoms with Gasteiger partial charge < -0.3 is 14.6 Å². The minimum Gasteiger partial charge on any atom is -0.462 e. The molecule has 2 heterocycles. The molecule has 3 aromatic rings. The molecule has 0 aliphatic heterocycles. The molecule has 3 atom stereocenters. The fourth-order valence-corrected chi connectivity index (χ4v) is 7.30. The van der Waals surface area contributed by atoms with Crippen LogP contribution < -0.4 is 5.32 Å². The summed E-state index contributed by atoms with van der Waals surface area (Å²) < 4.78 is 7.45. The maximum Gasteiger partial charge on any atom is 0.341 e. The molecule has 0 bridgehead atoms. The van der Waals surface area contributed by atoms with Crippen LogP contribution in [0.25, 0.3) is 0 Å². The van der Waals surface area contributed by atoms with Gasteiger partial charge in [-0.25, -0.2) is 4.79 Å². The molecule has 1 N–H and O–H groups in total. The number of nitrogens with zero attached hydrogens (tertiary/aromatic N) is 3. The summed E-state index contributed by atoms with van der Waals surface area (Å²) in [7, 11) is 0. The summed E-state index contributed by atoms with van der Waals surface area (Å²) in [5, 5.41) is 13.3. The van der Waals surface area contributed by atoms with Crippen molar-refractivity contribution in [1.29, 1.82) is 0 Å². The summed E-state index contributed by atoms with van der Waals surface area (Å²) in [6.45, 7) is 7.18. The Balaban J connectivity index is 1.26. The van der Waals surface area contributed by atoms with Crippen LogP contribution in [0.2, 0.25) is 0 Å². The van der Waals surface area contributed by atoms with Gasteiger partial charge in [-0.3, -0.25) is 4.79 Å². The Labute approximate surface area is 220 Å². The second-order valence-electron chi connectivity index (χ2n) is 9.56. The largest absolute Gasteiger partial charge is 0.462 e. The fraction of sp³-hybridized carbons (Fsp3) is 0.481. The number of nitrogens with one attached hydrogen (secondary N) is 1. The van der Waals surface area contributed by atoms with E-state index < -0.39 is 0 Å². The van der Waals surface area contributed by atoms with Crippen LogP contribution in [0.15, 0.2) is 35.5 Å². The van der Waals surface area contributed by atoms with Crippen LogP contribution in [0.4, 0.5) is 5.00 Å².